The maximum Gasteiger partial charge on any atom is 0.274 e. The summed E-state index contributed by atoms with van der Waals surface area (Å²) in [6, 6.07) is 21.6. The van der Waals surface area contributed by atoms with Crippen LogP contribution >= 0.6 is 11.3 Å². The van der Waals surface area contributed by atoms with Gasteiger partial charge in [-0.1, -0.05) is 54.6 Å². The third-order valence-electron chi connectivity index (χ3n) is 5.16. The number of carbonyl (C=O) groups is 1. The normalized spacial score (nSPS) is 11.1. The third kappa shape index (κ3) is 3.71. The minimum absolute atomic E-state index is 0.0551. The molecule has 2 aromatic heterocycles. The van der Waals surface area contributed by atoms with Crippen LogP contribution in [0.3, 0.4) is 0 Å². The second-order valence-corrected chi connectivity index (χ2v) is 8.10. The van der Waals surface area contributed by atoms with Gasteiger partial charge in [0, 0.05) is 23.4 Å². The maximum absolute atomic E-state index is 12.7. The van der Waals surface area contributed by atoms with Crippen molar-refractivity contribution in [1.82, 2.24) is 14.8 Å². The van der Waals surface area contributed by atoms with Crippen molar-refractivity contribution >= 4 is 43.9 Å². The Morgan fingerprint density at radius 2 is 1.74 bits per heavy atom. The highest BCUT2D eigenvalue weighted by molar-refractivity contribution is 7.14. The van der Waals surface area contributed by atoms with E-state index in [4.69, 9.17) is 0 Å². The van der Waals surface area contributed by atoms with E-state index in [0.29, 0.717) is 21.6 Å². The first-order valence-corrected chi connectivity index (χ1v) is 10.7. The quantitative estimate of drug-likeness (QED) is 0.462. The van der Waals surface area contributed by atoms with E-state index < -0.39 is 0 Å². The van der Waals surface area contributed by atoms with Crippen LogP contribution in [0.2, 0.25) is 0 Å². The van der Waals surface area contributed by atoms with E-state index in [1.165, 1.54) is 21.4 Å². The van der Waals surface area contributed by atoms with Gasteiger partial charge in [-0.15, -0.1) is 11.3 Å². The average Bonchev–Trinajstić information content (AvgIpc) is 3.25. The number of aromatic nitrogens is 3. The number of benzene rings is 3. The van der Waals surface area contributed by atoms with E-state index in [1.807, 2.05) is 35.7 Å². The van der Waals surface area contributed by atoms with Crippen molar-refractivity contribution in [3.05, 3.63) is 88.2 Å². The van der Waals surface area contributed by atoms with Gasteiger partial charge in [0.15, 0.2) is 5.13 Å². The summed E-state index contributed by atoms with van der Waals surface area (Å²) in [7, 11) is 1.59. The fraction of sp³-hybridized carbons (Fsp3) is 0.0833. The predicted molar refractivity (Wildman–Crippen MR) is 124 cm³/mol. The van der Waals surface area contributed by atoms with Crippen molar-refractivity contribution in [3.63, 3.8) is 0 Å². The van der Waals surface area contributed by atoms with E-state index in [9.17, 15) is 9.59 Å². The Hall–Kier alpha value is -3.84. The molecule has 0 saturated carbocycles. The van der Waals surface area contributed by atoms with E-state index in [2.05, 4.69) is 39.7 Å². The zero-order chi connectivity index (χ0) is 21.4. The molecule has 3 aromatic carbocycles. The van der Waals surface area contributed by atoms with Crippen molar-refractivity contribution in [2.24, 2.45) is 7.05 Å². The van der Waals surface area contributed by atoms with Gasteiger partial charge in [0.05, 0.1) is 23.2 Å². The Balaban J connectivity index is 1.37. The number of amides is 1. The topological polar surface area (TPSA) is 76.9 Å². The van der Waals surface area contributed by atoms with E-state index >= 15 is 0 Å². The highest BCUT2D eigenvalue weighted by atomic mass is 32.1. The number of nitrogens with zero attached hydrogens (tertiary/aromatic N) is 3. The van der Waals surface area contributed by atoms with Crippen molar-refractivity contribution in [2.45, 2.75) is 6.42 Å². The number of nitrogens with one attached hydrogen (secondary N) is 1. The highest BCUT2D eigenvalue weighted by Gasteiger charge is 2.14. The van der Waals surface area contributed by atoms with Gasteiger partial charge in [-0.3, -0.25) is 9.59 Å². The second kappa shape index (κ2) is 7.77. The van der Waals surface area contributed by atoms with Crippen LogP contribution in [0.5, 0.6) is 0 Å². The Morgan fingerprint density at radius 3 is 2.58 bits per heavy atom. The molecule has 1 amide bonds. The van der Waals surface area contributed by atoms with Crippen LogP contribution in [-0.2, 0) is 18.3 Å². The van der Waals surface area contributed by atoms with E-state index in [-0.39, 0.29) is 17.9 Å². The fourth-order valence-electron chi connectivity index (χ4n) is 3.63. The summed E-state index contributed by atoms with van der Waals surface area (Å²) in [6.07, 6.45) is 0.0551. The summed E-state index contributed by atoms with van der Waals surface area (Å²) in [5.41, 5.74) is 2.19. The lowest BCUT2D eigenvalue weighted by Gasteiger charge is -2.07. The second-order valence-electron chi connectivity index (χ2n) is 7.25. The van der Waals surface area contributed by atoms with Gasteiger partial charge in [-0.05, 0) is 22.9 Å². The first kappa shape index (κ1) is 19.1. The number of anilines is 1. The monoisotopic (exact) mass is 426 g/mol. The number of fused-ring (bicyclic) bond motifs is 2. The molecule has 0 aliphatic rings. The summed E-state index contributed by atoms with van der Waals surface area (Å²) in [6.45, 7) is 0. The standard InChI is InChI=1S/C24H18N4O2S/c1-28-23(30)19-9-5-4-8-18(19)20(27-28)13-22(29)26-24-25-21(14-31-24)17-11-10-15-6-2-3-7-16(15)12-17/h2-12,14H,13H2,1H3,(H,25,26,29). The molecule has 31 heavy (non-hydrogen) atoms. The van der Waals surface area contributed by atoms with Crippen LogP contribution in [0.1, 0.15) is 5.69 Å². The molecule has 0 aliphatic carbocycles. The Morgan fingerprint density at radius 1 is 1.00 bits per heavy atom. The molecule has 0 spiro atoms. The number of hydrogen-bond acceptors (Lipinski definition) is 5. The SMILES string of the molecule is Cn1nc(CC(=O)Nc2nc(-c3ccc4ccccc4c3)cs2)c2ccccc2c1=O. The number of hydrogen-bond donors (Lipinski definition) is 1. The van der Waals surface area contributed by atoms with Crippen LogP contribution < -0.4 is 10.9 Å². The summed E-state index contributed by atoms with van der Waals surface area (Å²) in [5.74, 6) is -0.226. The van der Waals surface area contributed by atoms with Gasteiger partial charge in [0.1, 0.15) is 0 Å². The molecule has 0 unspecified atom stereocenters. The van der Waals surface area contributed by atoms with Gasteiger partial charge in [-0.2, -0.15) is 5.10 Å². The molecule has 5 aromatic rings. The smallest absolute Gasteiger partial charge is 0.274 e. The van der Waals surface area contributed by atoms with Crippen molar-refractivity contribution in [2.75, 3.05) is 5.32 Å². The molecule has 7 heteroatoms. The first-order chi connectivity index (χ1) is 15.1. The zero-order valence-corrected chi connectivity index (χ0v) is 17.5. The molecule has 1 N–H and O–H groups in total. The van der Waals surface area contributed by atoms with Crippen LogP contribution in [-0.4, -0.2) is 20.7 Å². The first-order valence-electron chi connectivity index (χ1n) is 9.78. The summed E-state index contributed by atoms with van der Waals surface area (Å²) in [4.78, 5) is 29.5. The summed E-state index contributed by atoms with van der Waals surface area (Å²) in [5, 5.41) is 13.2. The Labute approximate surface area is 181 Å². The van der Waals surface area contributed by atoms with Crippen LogP contribution in [0, 0.1) is 0 Å². The highest BCUT2D eigenvalue weighted by Crippen LogP contribution is 2.28. The average molecular weight is 427 g/mol. The summed E-state index contributed by atoms with van der Waals surface area (Å²) < 4.78 is 1.27. The number of aryl methyl sites for hydroxylation is 1. The molecule has 0 fully saturated rings. The lowest BCUT2D eigenvalue weighted by atomic mass is 10.1. The van der Waals surface area contributed by atoms with Crippen molar-refractivity contribution < 1.29 is 4.79 Å². The largest absolute Gasteiger partial charge is 0.302 e. The van der Waals surface area contributed by atoms with Gasteiger partial charge in [0.25, 0.3) is 5.56 Å². The predicted octanol–water partition coefficient (Wildman–Crippen LogP) is 4.39. The molecule has 0 radical (unpaired) electrons. The summed E-state index contributed by atoms with van der Waals surface area (Å²) >= 11 is 1.38. The van der Waals surface area contributed by atoms with Crippen molar-refractivity contribution in [1.29, 1.82) is 0 Å². The molecule has 0 atom stereocenters. The minimum Gasteiger partial charge on any atom is -0.302 e. The number of rotatable bonds is 4. The molecule has 0 bridgehead atoms. The van der Waals surface area contributed by atoms with Gasteiger partial charge >= 0.3 is 0 Å². The maximum atomic E-state index is 12.7. The lowest BCUT2D eigenvalue weighted by Crippen LogP contribution is -2.24. The number of thiazole rings is 1. The molecule has 0 saturated heterocycles. The van der Waals surface area contributed by atoms with E-state index in [1.54, 1.807) is 19.2 Å². The van der Waals surface area contributed by atoms with Crippen LogP contribution in [0.25, 0.3) is 32.8 Å². The van der Waals surface area contributed by atoms with Crippen LogP contribution in [0.15, 0.2) is 76.9 Å². The molecular formula is C24H18N4O2S. The molecule has 0 aliphatic heterocycles. The zero-order valence-electron chi connectivity index (χ0n) is 16.7. The van der Waals surface area contributed by atoms with Gasteiger partial charge < -0.3 is 5.32 Å². The lowest BCUT2D eigenvalue weighted by molar-refractivity contribution is -0.115. The third-order valence-corrected chi connectivity index (χ3v) is 5.91. The molecule has 2 heterocycles. The van der Waals surface area contributed by atoms with E-state index in [0.717, 1.165) is 16.6 Å². The number of carbonyl (C=O) groups excluding carboxylic acids is 1. The Bertz CT molecular complexity index is 1500. The van der Waals surface area contributed by atoms with Crippen LogP contribution in [0.4, 0.5) is 5.13 Å². The van der Waals surface area contributed by atoms with Gasteiger partial charge in [0.2, 0.25) is 5.91 Å². The molecular weight excluding hydrogens is 408 g/mol. The molecule has 152 valence electrons. The molecule has 5 rings (SSSR count). The fourth-order valence-corrected chi connectivity index (χ4v) is 4.37. The minimum atomic E-state index is -0.226. The van der Waals surface area contributed by atoms with Crippen molar-refractivity contribution in [3.8, 4) is 11.3 Å². The van der Waals surface area contributed by atoms with Gasteiger partial charge in [-0.25, -0.2) is 9.67 Å². The Kier molecular flexibility index (Phi) is 4.80. The molecule has 6 nitrogen and oxygen atoms in total.